The van der Waals surface area contributed by atoms with Crippen molar-refractivity contribution >= 4 is 62.9 Å². The van der Waals surface area contributed by atoms with Gasteiger partial charge in [-0.15, -0.1) is 13.2 Å². The van der Waals surface area contributed by atoms with E-state index in [-0.39, 0.29) is 12.5 Å². The van der Waals surface area contributed by atoms with E-state index in [1.807, 2.05) is 6.79 Å². The quantitative estimate of drug-likeness (QED) is 0.217. The molecule has 0 aliphatic rings. The molecule has 154 valence electrons. The number of fused-ring (bicyclic) bond motifs is 1. The lowest BCUT2D eigenvalue weighted by atomic mass is 10.2. The number of ether oxygens (including phenoxy) is 1. The van der Waals surface area contributed by atoms with E-state index in [4.69, 9.17) is 32.8 Å². The van der Waals surface area contributed by atoms with Gasteiger partial charge in [-0.25, -0.2) is 4.98 Å². The average Bonchev–Trinajstić information content (AvgIpc) is 3.06. The number of carbonyl (C=O) groups excluding carboxylic acids is 1. The number of anilines is 1. The van der Waals surface area contributed by atoms with Gasteiger partial charge in [0.1, 0.15) is 12.5 Å². The number of rotatable bonds is 6. The molecule has 1 heterocycles. The third-order valence-corrected chi connectivity index (χ3v) is 4.77. The number of halogens is 5. The molecule has 0 bridgehead atoms. The van der Waals surface area contributed by atoms with E-state index >= 15 is 0 Å². The lowest BCUT2D eigenvalue weighted by Gasteiger charge is -2.07. The van der Waals surface area contributed by atoms with Crippen molar-refractivity contribution in [1.29, 1.82) is 0 Å². The van der Waals surface area contributed by atoms with Crippen molar-refractivity contribution < 1.29 is 27.5 Å². The Balaban J connectivity index is 0.00000145. The lowest BCUT2D eigenvalue weighted by molar-refractivity contribution is -0.274. The van der Waals surface area contributed by atoms with Crippen LogP contribution in [-0.2, 0) is 9.63 Å². The molecule has 6 nitrogen and oxygen atoms in total. The van der Waals surface area contributed by atoms with Crippen LogP contribution in [0.5, 0.6) is 5.75 Å². The van der Waals surface area contributed by atoms with Crippen molar-refractivity contribution in [3.63, 3.8) is 0 Å². The first kappa shape index (κ1) is 22.7. The minimum absolute atomic E-state index is 0.00962. The van der Waals surface area contributed by atoms with E-state index in [1.54, 1.807) is 18.2 Å². The topological polar surface area (TPSA) is 72.8 Å². The molecule has 29 heavy (non-hydrogen) atoms. The Morgan fingerprint density at radius 3 is 2.55 bits per heavy atom. The van der Waals surface area contributed by atoms with Gasteiger partial charge in [0.2, 0.25) is 0 Å². The molecule has 0 unspecified atom stereocenters. The number of nitrogens with one attached hydrogen (secondary N) is 1. The number of nitrogens with zero attached hydrogens (tertiary/aromatic N) is 2. The van der Waals surface area contributed by atoms with Crippen LogP contribution in [0.1, 0.15) is 5.56 Å². The Labute approximate surface area is 176 Å². The molecular formula is C17H12Cl2F3N3O3S. The number of oxime groups is 1. The van der Waals surface area contributed by atoms with E-state index in [2.05, 4.69) is 20.2 Å². The monoisotopic (exact) mass is 465 g/mol. The maximum atomic E-state index is 12.3. The fourth-order valence-electron chi connectivity index (χ4n) is 2.03. The molecule has 0 saturated carbocycles. The van der Waals surface area contributed by atoms with Gasteiger partial charge in [0.15, 0.2) is 11.9 Å². The van der Waals surface area contributed by atoms with Crippen molar-refractivity contribution in [2.45, 2.75) is 6.36 Å². The molecule has 0 radical (unpaired) electrons. The standard InChI is InChI=1S/C16H10Cl2F3N3O2S.CH2O/c17-11-2-1-3-12(18)10(11)7-23-25-8-22-15-24-13-5-4-9(6-14(13)27-15)26-16(19,20)21;1-2/h1-7H,8H2,(H,22,24);1H2/b23-7+;. The zero-order valence-electron chi connectivity index (χ0n) is 14.4. The Morgan fingerprint density at radius 1 is 1.21 bits per heavy atom. The molecule has 0 amide bonds. The van der Waals surface area contributed by atoms with E-state index in [9.17, 15) is 13.2 Å². The lowest BCUT2D eigenvalue weighted by Crippen LogP contribution is -2.16. The van der Waals surface area contributed by atoms with Crippen molar-refractivity contribution in [1.82, 2.24) is 4.98 Å². The third-order valence-electron chi connectivity index (χ3n) is 3.14. The van der Waals surface area contributed by atoms with Crippen LogP contribution in [0.3, 0.4) is 0 Å². The molecule has 0 spiro atoms. The molecule has 3 rings (SSSR count). The van der Waals surface area contributed by atoms with E-state index in [0.717, 1.165) is 11.3 Å². The number of aromatic nitrogens is 1. The number of hydrogen-bond acceptors (Lipinski definition) is 7. The third kappa shape index (κ3) is 6.77. The molecule has 1 N–H and O–H groups in total. The van der Waals surface area contributed by atoms with E-state index in [0.29, 0.717) is 31.0 Å². The summed E-state index contributed by atoms with van der Waals surface area (Å²) < 4.78 is 41.2. The highest BCUT2D eigenvalue weighted by molar-refractivity contribution is 7.22. The predicted octanol–water partition coefficient (Wildman–Crippen LogP) is 5.74. The van der Waals surface area contributed by atoms with Crippen LogP contribution in [0.4, 0.5) is 18.3 Å². The van der Waals surface area contributed by atoms with Crippen LogP contribution in [-0.4, -0.2) is 31.1 Å². The van der Waals surface area contributed by atoms with Gasteiger partial charge >= 0.3 is 6.36 Å². The van der Waals surface area contributed by atoms with Crippen LogP contribution in [0.2, 0.25) is 10.0 Å². The van der Waals surface area contributed by atoms with Crippen LogP contribution in [0, 0.1) is 0 Å². The highest BCUT2D eigenvalue weighted by Gasteiger charge is 2.31. The van der Waals surface area contributed by atoms with Crippen molar-refractivity contribution in [2.75, 3.05) is 12.0 Å². The molecule has 0 aliphatic heterocycles. The van der Waals surface area contributed by atoms with Crippen LogP contribution in [0.15, 0.2) is 41.6 Å². The summed E-state index contributed by atoms with van der Waals surface area (Å²) in [6.07, 6.45) is -3.36. The molecule has 3 aromatic rings. The van der Waals surface area contributed by atoms with Gasteiger partial charge in [0.25, 0.3) is 0 Å². The first-order valence-corrected chi connectivity index (χ1v) is 9.17. The summed E-state index contributed by atoms with van der Waals surface area (Å²) in [6.45, 7) is 1.99. The summed E-state index contributed by atoms with van der Waals surface area (Å²) in [4.78, 5) is 17.3. The Bertz CT molecular complexity index is 979. The maximum Gasteiger partial charge on any atom is 0.573 e. The van der Waals surface area contributed by atoms with Gasteiger partial charge in [-0.05, 0) is 24.3 Å². The summed E-state index contributed by atoms with van der Waals surface area (Å²) >= 11 is 13.2. The minimum Gasteiger partial charge on any atom is -0.406 e. The van der Waals surface area contributed by atoms with Crippen molar-refractivity contribution in [3.8, 4) is 5.75 Å². The largest absolute Gasteiger partial charge is 0.573 e. The maximum absolute atomic E-state index is 12.3. The molecule has 12 heteroatoms. The van der Waals surface area contributed by atoms with E-state index in [1.165, 1.54) is 24.4 Å². The van der Waals surface area contributed by atoms with Gasteiger partial charge in [-0.2, -0.15) is 0 Å². The van der Waals surface area contributed by atoms with Crippen LogP contribution >= 0.6 is 34.5 Å². The fraction of sp³-hybridized carbons (Fsp3) is 0.118. The molecule has 0 saturated heterocycles. The summed E-state index contributed by atoms with van der Waals surface area (Å²) in [7, 11) is 0. The highest BCUT2D eigenvalue weighted by Crippen LogP contribution is 2.31. The smallest absolute Gasteiger partial charge is 0.406 e. The van der Waals surface area contributed by atoms with Gasteiger partial charge in [-0.1, -0.05) is 45.8 Å². The number of alkyl halides is 3. The van der Waals surface area contributed by atoms with Crippen LogP contribution < -0.4 is 10.1 Å². The Hall–Kier alpha value is -2.56. The van der Waals surface area contributed by atoms with E-state index < -0.39 is 6.36 Å². The molecule has 0 atom stereocenters. The SMILES string of the molecule is C=O.FC(F)(F)Oc1ccc2nc(NCO/N=C/c3c(Cl)cccc3Cl)sc2c1. The second kappa shape index (κ2) is 10.3. The average molecular weight is 466 g/mol. The van der Waals surface area contributed by atoms with Gasteiger partial charge in [-0.3, -0.25) is 0 Å². The summed E-state index contributed by atoms with van der Waals surface area (Å²) in [5, 5.41) is 7.95. The molecule has 0 aliphatic carbocycles. The van der Waals surface area contributed by atoms with Crippen molar-refractivity contribution in [3.05, 3.63) is 52.0 Å². The number of carbonyl (C=O) groups is 1. The second-order valence-electron chi connectivity index (χ2n) is 5.02. The van der Waals surface area contributed by atoms with Gasteiger partial charge in [0.05, 0.1) is 26.5 Å². The Morgan fingerprint density at radius 2 is 1.90 bits per heavy atom. The normalized spacial score (nSPS) is 11.2. The number of benzene rings is 2. The molecule has 0 fully saturated rings. The molecule has 2 aromatic carbocycles. The predicted molar refractivity (Wildman–Crippen MR) is 107 cm³/mol. The molecular weight excluding hydrogens is 454 g/mol. The number of hydrogen-bond donors (Lipinski definition) is 1. The van der Waals surface area contributed by atoms with Crippen LogP contribution in [0.25, 0.3) is 10.2 Å². The summed E-state index contributed by atoms with van der Waals surface area (Å²) in [5.41, 5.74) is 1.06. The minimum atomic E-state index is -4.74. The highest BCUT2D eigenvalue weighted by atomic mass is 35.5. The first-order chi connectivity index (χ1) is 13.8. The first-order valence-electron chi connectivity index (χ1n) is 7.60. The van der Waals surface area contributed by atoms with Gasteiger partial charge < -0.3 is 19.7 Å². The summed E-state index contributed by atoms with van der Waals surface area (Å²) in [6, 6.07) is 8.96. The Kier molecular flexibility index (Phi) is 8.06. The zero-order valence-corrected chi connectivity index (χ0v) is 16.7. The van der Waals surface area contributed by atoms with Gasteiger partial charge in [0, 0.05) is 11.6 Å². The number of thiazole rings is 1. The zero-order chi connectivity index (χ0) is 21.4. The molecule has 1 aromatic heterocycles. The fourth-order valence-corrected chi connectivity index (χ4v) is 3.40. The second-order valence-corrected chi connectivity index (χ2v) is 6.86. The van der Waals surface area contributed by atoms with Crippen molar-refractivity contribution in [2.24, 2.45) is 5.16 Å². The summed E-state index contributed by atoms with van der Waals surface area (Å²) in [5.74, 6) is -0.303.